The van der Waals surface area contributed by atoms with Crippen molar-refractivity contribution in [3.05, 3.63) is 88.4 Å². The lowest BCUT2D eigenvalue weighted by Crippen LogP contribution is -2.12. The maximum absolute atomic E-state index is 11.5. The molecule has 5 N–H and O–H groups in total. The second-order valence-corrected chi connectivity index (χ2v) is 9.35. The third kappa shape index (κ3) is 6.64. The quantitative estimate of drug-likeness (QED) is 0.189. The van der Waals surface area contributed by atoms with E-state index in [2.05, 4.69) is 36.1 Å². The fraction of sp³-hybridized carbons (Fsp3) is 0. The molecule has 3 aromatic carbocycles. The first-order chi connectivity index (χ1) is 16.8. The summed E-state index contributed by atoms with van der Waals surface area (Å²) in [6.07, 6.45) is 1.49. The summed E-state index contributed by atoms with van der Waals surface area (Å²) in [7, 11) is -3.80. The van der Waals surface area contributed by atoms with Gasteiger partial charge in [0.1, 0.15) is 0 Å². The van der Waals surface area contributed by atoms with Gasteiger partial charge in [0.2, 0.25) is 27.9 Å². The molecule has 4 rings (SSSR count). The molecule has 0 atom stereocenters. The molecule has 0 amide bonds. The number of nitrogens with one attached hydrogen (secondary N) is 3. The number of benzene rings is 3. The van der Waals surface area contributed by atoms with E-state index in [1.54, 1.807) is 30.3 Å². The molecule has 0 aliphatic rings. The van der Waals surface area contributed by atoms with E-state index >= 15 is 0 Å². The van der Waals surface area contributed by atoms with Crippen molar-refractivity contribution in [2.75, 3.05) is 16.1 Å². The molecule has 0 spiro atoms. The van der Waals surface area contributed by atoms with Crippen molar-refractivity contribution in [2.24, 2.45) is 10.2 Å². The highest BCUT2D eigenvalue weighted by atomic mass is 35.5. The first-order valence-corrected chi connectivity index (χ1v) is 12.3. The van der Waals surface area contributed by atoms with E-state index in [1.807, 2.05) is 30.3 Å². The van der Waals surface area contributed by atoms with E-state index in [0.29, 0.717) is 21.3 Å². The summed E-state index contributed by atoms with van der Waals surface area (Å²) in [5.74, 6) is 0.560. The maximum Gasteiger partial charge on any atom is 0.250 e. The number of halogens is 2. The SMILES string of the molecule is NS(=O)(=O)c1ccc(Nc2nc(N/N=C/c3cccc(Cl)c3Cl)nc(Nc3ccccc3)n2)cc1. The van der Waals surface area contributed by atoms with Gasteiger partial charge in [-0.1, -0.05) is 53.5 Å². The maximum atomic E-state index is 11.5. The Hall–Kier alpha value is -3.77. The van der Waals surface area contributed by atoms with Crippen molar-refractivity contribution in [3.8, 4) is 0 Å². The molecule has 0 saturated heterocycles. The number of para-hydroxylation sites is 1. The van der Waals surface area contributed by atoms with Gasteiger partial charge in [-0.25, -0.2) is 19.0 Å². The molecule has 1 aromatic heterocycles. The fourth-order valence-electron chi connectivity index (χ4n) is 2.83. The van der Waals surface area contributed by atoms with Crippen LogP contribution in [0.15, 0.2) is 82.8 Å². The van der Waals surface area contributed by atoms with Crippen LogP contribution in [-0.2, 0) is 10.0 Å². The highest BCUT2D eigenvalue weighted by molar-refractivity contribution is 7.89. The summed E-state index contributed by atoms with van der Waals surface area (Å²) in [6, 6.07) is 20.4. The fourth-order valence-corrected chi connectivity index (χ4v) is 3.70. The van der Waals surface area contributed by atoms with Crippen molar-refractivity contribution in [2.45, 2.75) is 4.90 Å². The molecule has 0 aliphatic heterocycles. The van der Waals surface area contributed by atoms with Gasteiger partial charge in [0.15, 0.2) is 0 Å². The van der Waals surface area contributed by atoms with Crippen LogP contribution in [0.1, 0.15) is 5.56 Å². The number of sulfonamides is 1. The normalized spacial score (nSPS) is 11.4. The molecule has 0 radical (unpaired) electrons. The van der Waals surface area contributed by atoms with E-state index in [4.69, 9.17) is 28.3 Å². The Labute approximate surface area is 211 Å². The summed E-state index contributed by atoms with van der Waals surface area (Å²) in [6.45, 7) is 0. The van der Waals surface area contributed by atoms with Gasteiger partial charge >= 0.3 is 0 Å². The van der Waals surface area contributed by atoms with Crippen LogP contribution in [0, 0.1) is 0 Å². The molecule has 35 heavy (non-hydrogen) atoms. The number of nitrogens with zero attached hydrogens (tertiary/aromatic N) is 4. The van der Waals surface area contributed by atoms with Gasteiger partial charge < -0.3 is 10.6 Å². The van der Waals surface area contributed by atoms with E-state index in [1.165, 1.54) is 18.3 Å². The molecule has 0 fully saturated rings. The average molecular weight is 529 g/mol. The Bertz CT molecular complexity index is 1470. The molecule has 178 valence electrons. The summed E-state index contributed by atoms with van der Waals surface area (Å²) in [4.78, 5) is 13.0. The molecule has 1 heterocycles. The number of anilines is 5. The second kappa shape index (κ2) is 10.7. The monoisotopic (exact) mass is 528 g/mol. The minimum absolute atomic E-state index is 0.0125. The number of hydrogen-bond donors (Lipinski definition) is 4. The third-order valence-corrected chi connectivity index (χ3v) is 6.22. The summed E-state index contributed by atoms with van der Waals surface area (Å²) in [5, 5.41) is 16.2. The van der Waals surface area contributed by atoms with E-state index in [0.717, 1.165) is 5.69 Å². The first kappa shape index (κ1) is 24.4. The Morgan fingerprint density at radius 1 is 0.771 bits per heavy atom. The van der Waals surface area contributed by atoms with Gasteiger partial charge in [0.05, 0.1) is 21.2 Å². The molecule has 10 nitrogen and oxygen atoms in total. The van der Waals surface area contributed by atoms with Crippen molar-refractivity contribution in [3.63, 3.8) is 0 Å². The molecule has 13 heteroatoms. The molecular weight excluding hydrogens is 511 g/mol. The van der Waals surface area contributed by atoms with E-state index in [9.17, 15) is 8.42 Å². The topological polar surface area (TPSA) is 147 Å². The molecule has 4 aromatic rings. The van der Waals surface area contributed by atoms with E-state index < -0.39 is 10.0 Å². The molecule has 0 unspecified atom stereocenters. The molecule has 0 aliphatic carbocycles. The number of hydrogen-bond acceptors (Lipinski definition) is 9. The van der Waals surface area contributed by atoms with Crippen molar-refractivity contribution >= 4 is 68.7 Å². The van der Waals surface area contributed by atoms with Crippen LogP contribution in [-0.4, -0.2) is 29.6 Å². The van der Waals surface area contributed by atoms with Crippen molar-refractivity contribution < 1.29 is 8.42 Å². The smallest absolute Gasteiger partial charge is 0.250 e. The Balaban J connectivity index is 1.60. The number of rotatable bonds is 8. The largest absolute Gasteiger partial charge is 0.324 e. The number of primary sulfonamides is 1. The number of aromatic nitrogens is 3. The zero-order valence-electron chi connectivity index (χ0n) is 17.9. The molecular formula is C22H18Cl2N8O2S. The van der Waals surface area contributed by atoms with Gasteiger partial charge in [-0.05, 0) is 42.5 Å². The Morgan fingerprint density at radius 2 is 1.37 bits per heavy atom. The van der Waals surface area contributed by atoms with E-state index in [-0.39, 0.29) is 22.7 Å². The second-order valence-electron chi connectivity index (χ2n) is 7.00. The standard InChI is InChI=1S/C22H18Cl2N8O2S/c23-18-8-4-5-14(19(18)24)13-26-32-22-30-20(27-15-6-2-1-3-7-15)29-21(31-22)28-16-9-11-17(12-10-16)35(25,33)34/h1-13H,(H2,25,33,34)(H3,27,28,29,30,31,32)/b26-13+. The van der Waals surface area contributed by atoms with Crippen LogP contribution in [0.4, 0.5) is 29.2 Å². The lowest BCUT2D eigenvalue weighted by atomic mass is 10.2. The van der Waals surface area contributed by atoms with Gasteiger partial charge in [0, 0.05) is 16.9 Å². The Kier molecular flexibility index (Phi) is 7.42. The first-order valence-electron chi connectivity index (χ1n) is 9.99. The average Bonchev–Trinajstić information content (AvgIpc) is 2.82. The zero-order chi connectivity index (χ0) is 24.8. The number of nitrogens with two attached hydrogens (primary N) is 1. The predicted molar refractivity (Wildman–Crippen MR) is 138 cm³/mol. The number of hydrazone groups is 1. The summed E-state index contributed by atoms with van der Waals surface area (Å²) in [5.41, 5.74) is 4.66. The zero-order valence-corrected chi connectivity index (χ0v) is 20.2. The van der Waals surface area contributed by atoms with Gasteiger partial charge in [-0.15, -0.1) is 0 Å². The third-order valence-electron chi connectivity index (χ3n) is 4.45. The van der Waals surface area contributed by atoms with Gasteiger partial charge in [-0.2, -0.15) is 20.1 Å². The highest BCUT2D eigenvalue weighted by Crippen LogP contribution is 2.24. The molecule has 0 saturated carbocycles. The predicted octanol–water partition coefficient (Wildman–Crippen LogP) is 4.76. The minimum atomic E-state index is -3.80. The van der Waals surface area contributed by atoms with Crippen molar-refractivity contribution in [1.29, 1.82) is 0 Å². The van der Waals surface area contributed by atoms with Crippen LogP contribution in [0.5, 0.6) is 0 Å². The van der Waals surface area contributed by atoms with Gasteiger partial charge in [-0.3, -0.25) is 0 Å². The van der Waals surface area contributed by atoms with Crippen LogP contribution in [0.2, 0.25) is 10.0 Å². The lowest BCUT2D eigenvalue weighted by molar-refractivity contribution is 0.598. The van der Waals surface area contributed by atoms with Crippen LogP contribution >= 0.6 is 23.2 Å². The highest BCUT2D eigenvalue weighted by Gasteiger charge is 2.10. The Morgan fingerprint density at radius 3 is 2.00 bits per heavy atom. The lowest BCUT2D eigenvalue weighted by Gasteiger charge is -2.10. The minimum Gasteiger partial charge on any atom is -0.324 e. The van der Waals surface area contributed by atoms with Crippen LogP contribution in [0.3, 0.4) is 0 Å². The van der Waals surface area contributed by atoms with Crippen LogP contribution in [0.25, 0.3) is 0 Å². The molecule has 0 bridgehead atoms. The van der Waals surface area contributed by atoms with Gasteiger partial charge in [0.25, 0.3) is 0 Å². The summed E-state index contributed by atoms with van der Waals surface area (Å²) < 4.78 is 23.0. The summed E-state index contributed by atoms with van der Waals surface area (Å²) >= 11 is 12.2. The van der Waals surface area contributed by atoms with Crippen molar-refractivity contribution in [1.82, 2.24) is 15.0 Å². The van der Waals surface area contributed by atoms with Crippen LogP contribution < -0.4 is 21.2 Å².